The molecule has 2 radical (unpaired) electrons. The molecule has 0 aromatic rings. The summed E-state index contributed by atoms with van der Waals surface area (Å²) in [5, 5.41) is 8.96. The van der Waals surface area contributed by atoms with Gasteiger partial charge in [0.05, 0.1) is 14.4 Å². The van der Waals surface area contributed by atoms with Crippen LogP contribution in [0.2, 0.25) is 5.82 Å². The van der Waals surface area contributed by atoms with Crippen molar-refractivity contribution >= 4 is 13.8 Å². The van der Waals surface area contributed by atoms with Gasteiger partial charge in [-0.1, -0.05) is 5.82 Å². The zero-order valence-electron chi connectivity index (χ0n) is 7.48. The molecule has 1 aliphatic carbocycles. The summed E-state index contributed by atoms with van der Waals surface area (Å²) in [6.45, 7) is -0.111. The number of rotatable bonds is 3. The summed E-state index contributed by atoms with van der Waals surface area (Å²) < 4.78 is 5.03. The lowest BCUT2D eigenvalue weighted by atomic mass is 9.85. The second-order valence-corrected chi connectivity index (χ2v) is 3.41. The fourth-order valence-corrected chi connectivity index (χ4v) is 1.68. The highest BCUT2D eigenvalue weighted by molar-refractivity contribution is 6.11. The molecule has 0 aromatic carbocycles. The molecule has 0 aromatic heterocycles. The maximum Gasteiger partial charge on any atom is 0.319 e. The molecule has 0 amide bonds. The van der Waals surface area contributed by atoms with Gasteiger partial charge in [0.15, 0.2) is 0 Å². The molecule has 3 N–H and O–H groups in total. The van der Waals surface area contributed by atoms with Crippen molar-refractivity contribution in [2.24, 2.45) is 11.7 Å². The molecule has 5 heteroatoms. The molecule has 3 atom stereocenters. The van der Waals surface area contributed by atoms with Crippen molar-refractivity contribution in [2.45, 2.75) is 24.8 Å². The Bertz CT molecular complexity index is 188. The summed E-state index contributed by atoms with van der Waals surface area (Å²) in [7, 11) is 5.67. The van der Waals surface area contributed by atoms with Crippen molar-refractivity contribution in [3.8, 4) is 0 Å². The topological polar surface area (TPSA) is 72.5 Å². The molecule has 0 bridgehead atoms. The Hall–Kier alpha value is -0.545. The van der Waals surface area contributed by atoms with Gasteiger partial charge in [-0.05, 0) is 12.8 Å². The summed E-state index contributed by atoms with van der Waals surface area (Å²) in [5.74, 6) is -0.434. The monoisotopic (exact) mass is 183 g/mol. The highest BCUT2D eigenvalue weighted by atomic mass is 16.5. The van der Waals surface area contributed by atoms with E-state index in [9.17, 15) is 4.79 Å². The first-order chi connectivity index (χ1) is 6.17. The third-order valence-corrected chi connectivity index (χ3v) is 2.35. The second kappa shape index (κ2) is 4.62. The van der Waals surface area contributed by atoms with Crippen molar-refractivity contribution in [2.75, 3.05) is 13.2 Å². The average molecular weight is 183 g/mol. The molecule has 1 aliphatic rings. The van der Waals surface area contributed by atoms with Gasteiger partial charge >= 0.3 is 5.97 Å². The smallest absolute Gasteiger partial charge is 0.319 e. The summed E-state index contributed by atoms with van der Waals surface area (Å²) in [5.41, 5.74) is 5.10. The van der Waals surface area contributed by atoms with Gasteiger partial charge in [0.25, 0.3) is 0 Å². The van der Waals surface area contributed by atoms with Crippen molar-refractivity contribution in [3.05, 3.63) is 0 Å². The number of esters is 1. The van der Waals surface area contributed by atoms with Crippen molar-refractivity contribution in [1.82, 2.24) is 0 Å². The van der Waals surface area contributed by atoms with Gasteiger partial charge in [-0.25, -0.2) is 0 Å². The van der Waals surface area contributed by atoms with Crippen LogP contribution in [0.4, 0.5) is 0 Å². The van der Waals surface area contributed by atoms with Crippen molar-refractivity contribution in [1.29, 1.82) is 0 Å². The van der Waals surface area contributed by atoms with E-state index < -0.39 is 5.97 Å². The highest BCUT2D eigenvalue weighted by Crippen LogP contribution is 2.34. The number of aliphatic hydroxyl groups is 1. The molecule has 72 valence electrons. The first-order valence-electron chi connectivity index (χ1n) is 4.43. The number of carbonyl (C=O) groups excluding carboxylic acids is 1. The van der Waals surface area contributed by atoms with Crippen LogP contribution in [0.3, 0.4) is 0 Å². The molecule has 4 nitrogen and oxygen atoms in total. The molecule has 0 aliphatic heterocycles. The Labute approximate surface area is 78.8 Å². The largest absolute Gasteiger partial charge is 0.461 e. The molecule has 1 unspecified atom stereocenters. The standard InChI is InChI=1S/C8H14BNO3/c9-6-1-5(4-11)7(2-6)13-8(12)3-10/h5-7,11H,1-4,10H2/t5-,6-,7?/m0/s1. The highest BCUT2D eigenvalue weighted by Gasteiger charge is 2.33. The first-order valence-corrected chi connectivity index (χ1v) is 4.43. The Morgan fingerprint density at radius 1 is 1.62 bits per heavy atom. The Kier molecular flexibility index (Phi) is 3.75. The van der Waals surface area contributed by atoms with E-state index in [2.05, 4.69) is 0 Å². The van der Waals surface area contributed by atoms with E-state index in [1.165, 1.54) is 0 Å². The minimum atomic E-state index is -0.433. The minimum Gasteiger partial charge on any atom is -0.461 e. The van der Waals surface area contributed by atoms with Gasteiger partial charge in [0, 0.05) is 12.5 Å². The van der Waals surface area contributed by atoms with Gasteiger partial charge in [-0.15, -0.1) is 0 Å². The zero-order valence-corrected chi connectivity index (χ0v) is 7.48. The molecule has 0 heterocycles. The van der Waals surface area contributed by atoms with Crippen LogP contribution in [0.15, 0.2) is 0 Å². The molecule has 13 heavy (non-hydrogen) atoms. The predicted molar refractivity (Wildman–Crippen MR) is 48.2 cm³/mol. The lowest BCUT2D eigenvalue weighted by molar-refractivity contribution is -0.149. The molecule has 0 spiro atoms. The van der Waals surface area contributed by atoms with E-state index in [0.717, 1.165) is 0 Å². The van der Waals surface area contributed by atoms with Crippen LogP contribution in [0, 0.1) is 5.92 Å². The SMILES string of the molecule is [B][C@@H]1CC(OC(=O)CN)[C@H](CO)C1. The normalized spacial score (nSPS) is 33.2. The number of ether oxygens (including phenoxy) is 1. The van der Waals surface area contributed by atoms with Crippen molar-refractivity contribution < 1.29 is 14.6 Å². The fraction of sp³-hybridized carbons (Fsp3) is 0.875. The van der Waals surface area contributed by atoms with E-state index in [0.29, 0.717) is 12.8 Å². The Balaban J connectivity index is 2.43. The number of carbonyl (C=O) groups is 1. The van der Waals surface area contributed by atoms with E-state index in [-0.39, 0.29) is 31.0 Å². The lowest BCUT2D eigenvalue weighted by Gasteiger charge is -2.17. The Morgan fingerprint density at radius 3 is 2.85 bits per heavy atom. The second-order valence-electron chi connectivity index (χ2n) is 3.41. The fourth-order valence-electron chi connectivity index (χ4n) is 1.68. The van der Waals surface area contributed by atoms with Gasteiger partial charge in [-0.2, -0.15) is 0 Å². The van der Waals surface area contributed by atoms with E-state index in [1.54, 1.807) is 0 Å². The van der Waals surface area contributed by atoms with Gasteiger partial charge in [0.1, 0.15) is 6.10 Å². The predicted octanol–water partition coefficient (Wildman–Crippen LogP) is -0.784. The third-order valence-electron chi connectivity index (χ3n) is 2.35. The number of aliphatic hydroxyl groups excluding tert-OH is 1. The van der Waals surface area contributed by atoms with Crippen molar-refractivity contribution in [3.63, 3.8) is 0 Å². The van der Waals surface area contributed by atoms with E-state index in [4.69, 9.17) is 23.4 Å². The van der Waals surface area contributed by atoms with Crippen LogP contribution in [0.1, 0.15) is 12.8 Å². The summed E-state index contributed by atoms with van der Waals surface area (Å²) in [4.78, 5) is 10.9. The van der Waals surface area contributed by atoms with Crippen LogP contribution >= 0.6 is 0 Å². The van der Waals surface area contributed by atoms with Crippen LogP contribution in [0.5, 0.6) is 0 Å². The number of hydrogen-bond acceptors (Lipinski definition) is 4. The molecular weight excluding hydrogens is 169 g/mol. The molecular formula is C8H14BNO3. The molecule has 1 saturated carbocycles. The molecule has 1 rings (SSSR count). The first kappa shape index (κ1) is 10.5. The minimum absolute atomic E-state index is 0.0101. The van der Waals surface area contributed by atoms with Crippen LogP contribution in [0.25, 0.3) is 0 Å². The van der Waals surface area contributed by atoms with Crippen LogP contribution in [-0.2, 0) is 9.53 Å². The molecule has 1 fully saturated rings. The van der Waals surface area contributed by atoms with Gasteiger partial charge in [-0.3, -0.25) is 4.79 Å². The van der Waals surface area contributed by atoms with Gasteiger partial charge in [0.2, 0.25) is 0 Å². The quantitative estimate of drug-likeness (QED) is 0.444. The van der Waals surface area contributed by atoms with Gasteiger partial charge < -0.3 is 15.6 Å². The average Bonchev–Trinajstić information content (AvgIpc) is 2.46. The van der Waals surface area contributed by atoms with Crippen LogP contribution < -0.4 is 5.73 Å². The zero-order chi connectivity index (χ0) is 9.84. The summed E-state index contributed by atoms with van der Waals surface area (Å²) in [6, 6.07) is 0. The third kappa shape index (κ3) is 2.71. The Morgan fingerprint density at radius 2 is 2.31 bits per heavy atom. The summed E-state index contributed by atoms with van der Waals surface area (Å²) in [6.07, 6.45) is 1.08. The molecule has 0 saturated heterocycles. The van der Waals surface area contributed by atoms with Crippen LogP contribution in [-0.4, -0.2) is 38.2 Å². The van der Waals surface area contributed by atoms with E-state index >= 15 is 0 Å². The number of hydrogen-bond donors (Lipinski definition) is 2. The number of nitrogens with two attached hydrogens (primary N) is 1. The summed E-state index contributed by atoms with van der Waals surface area (Å²) >= 11 is 0. The maximum absolute atomic E-state index is 10.9. The lowest BCUT2D eigenvalue weighted by Crippen LogP contribution is -2.28. The van der Waals surface area contributed by atoms with E-state index in [1.807, 2.05) is 0 Å². The maximum atomic E-state index is 10.9.